The number of carboxylic acids is 1. The summed E-state index contributed by atoms with van der Waals surface area (Å²) in [5.74, 6) is -0.856. The third-order valence-corrected chi connectivity index (χ3v) is 5.31. The van der Waals surface area contributed by atoms with Gasteiger partial charge in [-0.05, 0) is 29.3 Å². The number of carbonyl (C=O) groups excluding carboxylic acids is 1. The highest BCUT2D eigenvalue weighted by Crippen LogP contribution is 2.38. The van der Waals surface area contributed by atoms with Gasteiger partial charge < -0.3 is 9.84 Å². The number of hydrogen-bond acceptors (Lipinski definition) is 5. The van der Waals surface area contributed by atoms with Crippen molar-refractivity contribution in [2.24, 2.45) is 0 Å². The van der Waals surface area contributed by atoms with E-state index in [9.17, 15) is 14.7 Å². The van der Waals surface area contributed by atoms with Crippen LogP contribution in [0.2, 0.25) is 0 Å². The Hall–Kier alpha value is -2.90. The summed E-state index contributed by atoms with van der Waals surface area (Å²) in [6.07, 6.45) is 3.35. The van der Waals surface area contributed by atoms with E-state index in [4.69, 9.17) is 17.0 Å². The number of ether oxygens (including phenoxy) is 1. The van der Waals surface area contributed by atoms with E-state index in [-0.39, 0.29) is 4.32 Å². The lowest BCUT2D eigenvalue weighted by Gasteiger charge is -2.23. The van der Waals surface area contributed by atoms with Crippen LogP contribution in [0.3, 0.4) is 0 Å². The van der Waals surface area contributed by atoms with E-state index < -0.39 is 17.9 Å². The number of thioether (sulfide) groups is 1. The Bertz CT molecular complexity index is 939. The fourth-order valence-electron chi connectivity index (χ4n) is 2.71. The molecule has 0 spiro atoms. The summed E-state index contributed by atoms with van der Waals surface area (Å²) < 4.78 is 5.66. The van der Waals surface area contributed by atoms with Crippen LogP contribution < -0.4 is 4.74 Å². The lowest BCUT2D eigenvalue weighted by atomic mass is 10.1. The molecule has 1 N–H and O–H groups in total. The molecule has 1 aliphatic heterocycles. The fraction of sp³-hybridized carbons (Fsp3) is 0.0952. The molecule has 0 aliphatic carbocycles. The van der Waals surface area contributed by atoms with Gasteiger partial charge in [0.1, 0.15) is 16.7 Å². The zero-order valence-corrected chi connectivity index (χ0v) is 16.4. The van der Waals surface area contributed by atoms with Gasteiger partial charge in [0.25, 0.3) is 5.91 Å². The van der Waals surface area contributed by atoms with Crippen LogP contribution in [0, 0.1) is 0 Å². The first-order valence-corrected chi connectivity index (χ1v) is 9.62. The second-order valence-corrected chi connectivity index (χ2v) is 7.55. The van der Waals surface area contributed by atoms with Crippen LogP contribution in [0.4, 0.5) is 0 Å². The molecule has 7 heteroatoms. The highest BCUT2D eigenvalue weighted by Gasteiger charge is 2.41. The van der Waals surface area contributed by atoms with E-state index in [1.807, 2.05) is 12.1 Å². The van der Waals surface area contributed by atoms with Gasteiger partial charge in [-0.1, -0.05) is 79.1 Å². The molecule has 0 saturated carbocycles. The largest absolute Gasteiger partial charge is 0.490 e. The molecule has 1 aliphatic rings. The summed E-state index contributed by atoms with van der Waals surface area (Å²) in [6.45, 7) is 4.01. The van der Waals surface area contributed by atoms with E-state index in [0.717, 1.165) is 22.2 Å². The first-order chi connectivity index (χ1) is 13.5. The molecule has 1 heterocycles. The maximum atomic E-state index is 12.9. The van der Waals surface area contributed by atoms with Crippen molar-refractivity contribution < 1.29 is 19.4 Å². The second-order valence-electron chi connectivity index (χ2n) is 5.87. The number of benzene rings is 2. The number of aliphatic carboxylic acids is 1. The second kappa shape index (κ2) is 8.86. The van der Waals surface area contributed by atoms with Crippen LogP contribution in [0.5, 0.6) is 5.75 Å². The highest BCUT2D eigenvalue weighted by molar-refractivity contribution is 8.26. The number of nitrogens with zero attached hydrogens (tertiary/aromatic N) is 1. The van der Waals surface area contributed by atoms with Crippen LogP contribution in [0.1, 0.15) is 17.2 Å². The predicted octanol–water partition coefficient (Wildman–Crippen LogP) is 4.28. The van der Waals surface area contributed by atoms with Crippen molar-refractivity contribution >= 4 is 46.3 Å². The molecule has 1 fully saturated rings. The van der Waals surface area contributed by atoms with Crippen molar-refractivity contribution in [3.8, 4) is 5.75 Å². The smallest absolute Gasteiger partial charge is 0.331 e. The predicted molar refractivity (Wildman–Crippen MR) is 114 cm³/mol. The van der Waals surface area contributed by atoms with Gasteiger partial charge in [0.05, 0.1) is 4.91 Å². The zero-order valence-electron chi connectivity index (χ0n) is 14.8. The molecule has 0 bridgehead atoms. The maximum Gasteiger partial charge on any atom is 0.331 e. The monoisotopic (exact) mass is 411 g/mol. The molecule has 0 unspecified atom stereocenters. The molecule has 142 valence electrons. The van der Waals surface area contributed by atoms with Gasteiger partial charge in [0.15, 0.2) is 6.04 Å². The Morgan fingerprint density at radius 1 is 1.21 bits per heavy atom. The average molecular weight is 412 g/mol. The summed E-state index contributed by atoms with van der Waals surface area (Å²) >= 11 is 6.41. The molecule has 5 nitrogen and oxygen atoms in total. The van der Waals surface area contributed by atoms with Gasteiger partial charge in [0, 0.05) is 0 Å². The Labute approximate surface area is 172 Å². The van der Waals surface area contributed by atoms with E-state index >= 15 is 0 Å². The molecule has 3 rings (SSSR count). The zero-order chi connectivity index (χ0) is 20.1. The first kappa shape index (κ1) is 19.9. The molecule has 1 atom stereocenters. The lowest BCUT2D eigenvalue weighted by molar-refractivity contribution is -0.145. The van der Waals surface area contributed by atoms with Crippen molar-refractivity contribution in [2.75, 3.05) is 6.61 Å². The van der Waals surface area contributed by atoms with Crippen molar-refractivity contribution in [2.45, 2.75) is 6.04 Å². The van der Waals surface area contributed by atoms with Crippen molar-refractivity contribution in [3.63, 3.8) is 0 Å². The first-order valence-electron chi connectivity index (χ1n) is 8.40. The number of hydrogen-bond donors (Lipinski definition) is 1. The van der Waals surface area contributed by atoms with Crippen LogP contribution in [0.25, 0.3) is 6.08 Å². The number of rotatable bonds is 7. The van der Waals surface area contributed by atoms with E-state index in [1.54, 1.807) is 54.6 Å². The molecule has 1 saturated heterocycles. The van der Waals surface area contributed by atoms with Gasteiger partial charge in [-0.2, -0.15) is 0 Å². The molecule has 2 aromatic carbocycles. The molecule has 28 heavy (non-hydrogen) atoms. The van der Waals surface area contributed by atoms with E-state index in [1.165, 1.54) is 0 Å². The summed E-state index contributed by atoms with van der Waals surface area (Å²) in [7, 11) is 0. The van der Waals surface area contributed by atoms with Crippen LogP contribution in [-0.4, -0.2) is 32.8 Å². The van der Waals surface area contributed by atoms with Crippen LogP contribution in [0.15, 0.2) is 72.2 Å². The summed E-state index contributed by atoms with van der Waals surface area (Å²) in [6, 6.07) is 14.6. The van der Waals surface area contributed by atoms with Gasteiger partial charge in [0.2, 0.25) is 0 Å². The molecule has 1 amide bonds. The average Bonchev–Trinajstić information content (AvgIpc) is 2.96. The normalized spacial score (nSPS) is 16.3. The summed E-state index contributed by atoms with van der Waals surface area (Å²) in [4.78, 5) is 26.3. The number of amides is 1. The molecular formula is C21H17NO4S2. The Morgan fingerprint density at radius 3 is 2.50 bits per heavy atom. The third-order valence-electron chi connectivity index (χ3n) is 3.98. The minimum absolute atomic E-state index is 0.221. The number of carboxylic acid groups (broad SMARTS) is 1. The van der Waals surface area contributed by atoms with Gasteiger partial charge in [-0.25, -0.2) is 4.79 Å². The molecular weight excluding hydrogens is 394 g/mol. The van der Waals surface area contributed by atoms with Crippen molar-refractivity contribution in [1.82, 2.24) is 4.90 Å². The Kier molecular flexibility index (Phi) is 6.28. The van der Waals surface area contributed by atoms with Crippen molar-refractivity contribution in [1.29, 1.82) is 0 Å². The van der Waals surface area contributed by atoms with Crippen LogP contribution in [-0.2, 0) is 9.59 Å². The van der Waals surface area contributed by atoms with Gasteiger partial charge >= 0.3 is 5.97 Å². The number of thiocarbonyl (C=S) groups is 1. The summed E-state index contributed by atoms with van der Waals surface area (Å²) in [5.41, 5.74) is 1.29. The Morgan fingerprint density at radius 2 is 1.89 bits per heavy atom. The minimum Gasteiger partial charge on any atom is -0.490 e. The quantitative estimate of drug-likeness (QED) is 0.417. The fourth-order valence-corrected chi connectivity index (χ4v) is 4.02. The molecule has 0 radical (unpaired) electrons. The number of carbonyl (C=O) groups is 2. The highest BCUT2D eigenvalue weighted by atomic mass is 32.2. The SMILES string of the molecule is C=CCOc1ccc(/C=C2/SC(=S)N([C@@H](C(=O)O)c3ccccc3)C2=O)cc1. The minimum atomic E-state index is -1.16. The topological polar surface area (TPSA) is 66.8 Å². The van der Waals surface area contributed by atoms with E-state index in [0.29, 0.717) is 22.8 Å². The van der Waals surface area contributed by atoms with Crippen LogP contribution >= 0.6 is 24.0 Å². The van der Waals surface area contributed by atoms with Gasteiger partial charge in [-0.15, -0.1) is 0 Å². The Balaban J connectivity index is 1.85. The third kappa shape index (κ3) is 4.32. The lowest BCUT2D eigenvalue weighted by Crippen LogP contribution is -2.37. The van der Waals surface area contributed by atoms with Crippen molar-refractivity contribution in [3.05, 3.63) is 83.3 Å². The maximum absolute atomic E-state index is 12.9. The molecule has 0 aromatic heterocycles. The van der Waals surface area contributed by atoms with Gasteiger partial charge in [-0.3, -0.25) is 9.69 Å². The van der Waals surface area contributed by atoms with E-state index in [2.05, 4.69) is 6.58 Å². The molecule has 2 aromatic rings. The summed E-state index contributed by atoms with van der Waals surface area (Å²) in [5, 5.41) is 9.70. The standard InChI is InChI=1S/C21H17NO4S2/c1-2-12-26-16-10-8-14(9-11-16)13-17-19(23)22(21(27)28-17)18(20(24)25)15-6-4-3-5-7-15/h2-11,13,18H,1,12H2,(H,24,25)/b17-13+/t18-/m1/s1.